The minimum atomic E-state index is -0.684. The van der Waals surface area contributed by atoms with E-state index < -0.39 is 6.10 Å². The minimum absolute atomic E-state index is 0.0477. The van der Waals surface area contributed by atoms with Crippen molar-refractivity contribution >= 4 is 29.1 Å². The van der Waals surface area contributed by atoms with Crippen LogP contribution in [-0.4, -0.2) is 25.7 Å². The second-order valence-corrected chi connectivity index (χ2v) is 6.85. The van der Waals surface area contributed by atoms with Crippen LogP contribution in [0, 0.1) is 5.92 Å². The number of amides is 1. The highest BCUT2D eigenvalue weighted by Crippen LogP contribution is 2.29. The number of methoxy groups -OCH3 is 1. The minimum Gasteiger partial charge on any atom is -0.501 e. The molecule has 6 heteroatoms. The summed E-state index contributed by atoms with van der Waals surface area (Å²) in [4.78, 5) is 12.6. The molecule has 26 heavy (non-hydrogen) atoms. The second kappa shape index (κ2) is 10.9. The van der Waals surface area contributed by atoms with Crippen LogP contribution < -0.4 is 10.1 Å². The number of carbonyl (C=O) groups is 1. The molecule has 0 aliphatic heterocycles. The zero-order chi connectivity index (χ0) is 19.7. The zero-order valence-electron chi connectivity index (χ0n) is 15.5. The lowest BCUT2D eigenvalue weighted by Crippen LogP contribution is -2.42. The molecule has 0 heterocycles. The summed E-state index contributed by atoms with van der Waals surface area (Å²) >= 11 is 12.0. The Bertz CT molecular complexity index is 696. The molecule has 1 rings (SSSR count). The van der Waals surface area contributed by atoms with Gasteiger partial charge in [0.2, 0.25) is 0 Å². The third kappa shape index (κ3) is 7.14. The first-order valence-corrected chi connectivity index (χ1v) is 8.97. The summed E-state index contributed by atoms with van der Waals surface area (Å²) in [5.41, 5.74) is 0.849. The number of hydrogen-bond acceptors (Lipinski definition) is 3. The van der Waals surface area contributed by atoms with Gasteiger partial charge in [-0.15, -0.1) is 0 Å². The van der Waals surface area contributed by atoms with E-state index in [9.17, 15) is 4.79 Å². The lowest BCUT2D eigenvalue weighted by atomic mass is 10.1. The Hall–Kier alpha value is -1.91. The fraction of sp³-hybridized carbons (Fsp3) is 0.350. The molecule has 0 saturated carbocycles. The molecule has 0 aliphatic rings. The molecule has 0 aromatic heterocycles. The molecule has 1 amide bonds. The number of hydrogen-bond donors (Lipinski definition) is 1. The van der Waals surface area contributed by atoms with Crippen LogP contribution >= 0.6 is 23.2 Å². The molecule has 4 nitrogen and oxygen atoms in total. The zero-order valence-corrected chi connectivity index (χ0v) is 17.0. The van der Waals surface area contributed by atoms with Crippen molar-refractivity contribution in [1.29, 1.82) is 0 Å². The Morgan fingerprint density at radius 1 is 1.31 bits per heavy atom. The maximum absolute atomic E-state index is 12.6. The van der Waals surface area contributed by atoms with Crippen molar-refractivity contribution in [3.8, 4) is 5.75 Å². The molecule has 142 valence electrons. The van der Waals surface area contributed by atoms with Gasteiger partial charge in [0.15, 0.2) is 6.10 Å². The molecular formula is C20H25Cl2NO3. The van der Waals surface area contributed by atoms with Gasteiger partial charge in [0.25, 0.3) is 5.91 Å². The van der Waals surface area contributed by atoms with E-state index >= 15 is 0 Å². The Balaban J connectivity index is 2.81. The van der Waals surface area contributed by atoms with Crippen LogP contribution in [0.1, 0.15) is 20.8 Å². The van der Waals surface area contributed by atoms with Crippen LogP contribution in [0.4, 0.5) is 0 Å². The number of benzene rings is 1. The predicted octanol–water partition coefficient (Wildman–Crippen LogP) is 5.18. The van der Waals surface area contributed by atoms with Gasteiger partial charge in [-0.25, -0.2) is 0 Å². The van der Waals surface area contributed by atoms with Gasteiger partial charge in [0.05, 0.1) is 17.9 Å². The third-order valence-corrected chi connectivity index (χ3v) is 4.13. The van der Waals surface area contributed by atoms with E-state index in [0.29, 0.717) is 22.3 Å². The van der Waals surface area contributed by atoms with Crippen LogP contribution in [0.15, 0.2) is 54.3 Å². The third-order valence-electron chi connectivity index (χ3n) is 3.59. The number of halogens is 2. The maximum atomic E-state index is 12.6. The Labute approximate surface area is 165 Å². The molecule has 1 aromatic carbocycles. The van der Waals surface area contributed by atoms with E-state index in [-0.39, 0.29) is 11.8 Å². The molecule has 1 unspecified atom stereocenters. The Morgan fingerprint density at radius 3 is 2.54 bits per heavy atom. The number of allylic oxidation sites excluding steroid dienone is 3. The second-order valence-electron chi connectivity index (χ2n) is 6.00. The van der Waals surface area contributed by atoms with Gasteiger partial charge in [0.1, 0.15) is 5.75 Å². The first kappa shape index (κ1) is 22.1. The lowest BCUT2D eigenvalue weighted by molar-refractivity contribution is -0.129. The summed E-state index contributed by atoms with van der Waals surface area (Å²) in [6.07, 6.45) is 4.65. The summed E-state index contributed by atoms with van der Waals surface area (Å²) in [7, 11) is 1.60. The van der Waals surface area contributed by atoms with Crippen LogP contribution in [0.2, 0.25) is 10.0 Å². The van der Waals surface area contributed by atoms with Crippen LogP contribution in [-0.2, 0) is 9.53 Å². The first-order chi connectivity index (χ1) is 12.3. The van der Waals surface area contributed by atoms with Crippen molar-refractivity contribution in [1.82, 2.24) is 5.32 Å². The largest absolute Gasteiger partial charge is 0.501 e. The smallest absolute Gasteiger partial charge is 0.261 e. The molecular weight excluding hydrogens is 373 g/mol. The van der Waals surface area contributed by atoms with Crippen molar-refractivity contribution in [3.63, 3.8) is 0 Å². The van der Waals surface area contributed by atoms with E-state index in [2.05, 4.69) is 11.9 Å². The average Bonchev–Trinajstić information content (AvgIpc) is 2.60. The summed E-state index contributed by atoms with van der Waals surface area (Å²) < 4.78 is 10.9. The highest BCUT2D eigenvalue weighted by molar-refractivity contribution is 6.35. The van der Waals surface area contributed by atoms with Gasteiger partial charge in [0, 0.05) is 11.6 Å². The molecule has 0 fully saturated rings. The highest BCUT2D eigenvalue weighted by atomic mass is 35.5. The summed E-state index contributed by atoms with van der Waals surface area (Å²) in [6.45, 7) is 9.74. The summed E-state index contributed by atoms with van der Waals surface area (Å²) in [5.74, 6) is 0.902. The van der Waals surface area contributed by atoms with Crippen molar-refractivity contribution in [2.24, 2.45) is 5.92 Å². The molecule has 0 radical (unpaired) electrons. The van der Waals surface area contributed by atoms with E-state index in [1.54, 1.807) is 31.4 Å². The van der Waals surface area contributed by atoms with Crippen molar-refractivity contribution in [2.75, 3.05) is 13.7 Å². The predicted molar refractivity (Wildman–Crippen MR) is 108 cm³/mol. The first-order valence-electron chi connectivity index (χ1n) is 8.21. The Kier molecular flexibility index (Phi) is 9.31. The quantitative estimate of drug-likeness (QED) is 0.461. The fourth-order valence-electron chi connectivity index (χ4n) is 1.98. The maximum Gasteiger partial charge on any atom is 0.261 e. The van der Waals surface area contributed by atoms with Crippen molar-refractivity contribution in [2.45, 2.75) is 26.9 Å². The van der Waals surface area contributed by atoms with E-state index in [1.165, 1.54) is 0 Å². The monoisotopic (exact) mass is 397 g/mol. The number of ether oxygens (including phenoxy) is 2. The lowest BCUT2D eigenvalue weighted by Gasteiger charge is -2.22. The fourth-order valence-corrected chi connectivity index (χ4v) is 2.43. The number of rotatable bonds is 9. The molecule has 1 atom stereocenters. The van der Waals surface area contributed by atoms with Crippen molar-refractivity contribution in [3.05, 3.63) is 64.4 Å². The molecule has 1 N–H and O–H groups in total. The molecule has 0 saturated heterocycles. The average molecular weight is 398 g/mol. The standard InChI is InChI=1S/C20H25Cl2NO3/c1-6-15(8-7-14(4)25-5)12-23-20(24)19(13(2)3)26-18-10-9-16(21)11-17(18)22/h6-11,13,19H,1,12H2,2-5H3,(H,23,24). The molecule has 1 aromatic rings. The molecule has 0 aliphatic carbocycles. The van der Waals surface area contributed by atoms with Gasteiger partial charge >= 0.3 is 0 Å². The van der Waals surface area contributed by atoms with Crippen molar-refractivity contribution < 1.29 is 14.3 Å². The van der Waals surface area contributed by atoms with Gasteiger partial charge in [-0.05, 0) is 42.7 Å². The normalized spacial score (nSPS) is 13.3. The Morgan fingerprint density at radius 2 is 2.00 bits per heavy atom. The van der Waals surface area contributed by atoms with Gasteiger partial charge in [-0.1, -0.05) is 55.8 Å². The summed E-state index contributed by atoms with van der Waals surface area (Å²) in [5, 5.41) is 3.74. The number of carbonyl (C=O) groups excluding carboxylic acids is 1. The van der Waals surface area contributed by atoms with Crippen LogP contribution in [0.25, 0.3) is 0 Å². The molecule has 0 bridgehead atoms. The SMILES string of the molecule is C=CC(=CC=C(C)OC)CNC(=O)C(Oc1ccc(Cl)cc1Cl)C(C)C. The van der Waals surface area contributed by atoms with E-state index in [1.807, 2.05) is 32.9 Å². The van der Waals surface area contributed by atoms with Gasteiger partial charge in [-0.2, -0.15) is 0 Å². The highest BCUT2D eigenvalue weighted by Gasteiger charge is 2.25. The van der Waals surface area contributed by atoms with Gasteiger partial charge < -0.3 is 14.8 Å². The molecule has 0 spiro atoms. The van der Waals surface area contributed by atoms with Crippen LogP contribution in [0.5, 0.6) is 5.75 Å². The van der Waals surface area contributed by atoms with E-state index in [0.717, 1.165) is 11.3 Å². The summed E-state index contributed by atoms with van der Waals surface area (Å²) in [6, 6.07) is 4.90. The van der Waals surface area contributed by atoms with Crippen LogP contribution in [0.3, 0.4) is 0 Å². The van der Waals surface area contributed by atoms with Gasteiger partial charge in [-0.3, -0.25) is 4.79 Å². The van der Waals surface area contributed by atoms with E-state index in [4.69, 9.17) is 32.7 Å². The number of nitrogens with one attached hydrogen (secondary N) is 1. The topological polar surface area (TPSA) is 47.6 Å².